The minimum Gasteiger partial charge on any atom is -0.461 e. The van der Waals surface area contributed by atoms with E-state index in [1.165, 1.54) is 6.92 Å². The van der Waals surface area contributed by atoms with Crippen molar-refractivity contribution in [3.05, 3.63) is 71.0 Å². The maximum Gasteiger partial charge on any atom is 0.256 e. The zero-order valence-electron chi connectivity index (χ0n) is 16.2. The summed E-state index contributed by atoms with van der Waals surface area (Å²) in [4.78, 5) is 37.1. The fourth-order valence-electron chi connectivity index (χ4n) is 3.05. The van der Waals surface area contributed by atoms with Gasteiger partial charge < -0.3 is 20.6 Å². The van der Waals surface area contributed by atoms with E-state index in [0.717, 1.165) is 5.56 Å². The zero-order chi connectivity index (χ0) is 21.2. The van der Waals surface area contributed by atoms with Gasteiger partial charge in [-0.05, 0) is 37.6 Å². The number of nitrogens with one attached hydrogen (secondary N) is 1. The summed E-state index contributed by atoms with van der Waals surface area (Å²) in [5.74, 6) is -1.25. The third-order valence-corrected chi connectivity index (χ3v) is 4.87. The topological polar surface area (TPSA) is 123 Å². The number of furan rings is 1. The number of hydrogen-bond acceptors (Lipinski definition) is 5. The third kappa shape index (κ3) is 4.05. The van der Waals surface area contributed by atoms with E-state index >= 15 is 0 Å². The number of fused-ring (bicyclic) bond motifs is 1. The van der Waals surface area contributed by atoms with Gasteiger partial charge in [0.15, 0.2) is 5.78 Å². The van der Waals surface area contributed by atoms with Crippen molar-refractivity contribution in [1.29, 1.82) is 0 Å². The number of carbonyl (C=O) groups is 3. The van der Waals surface area contributed by atoms with Crippen molar-refractivity contribution in [2.24, 2.45) is 5.73 Å². The lowest BCUT2D eigenvalue weighted by Gasteiger charge is -2.24. The van der Waals surface area contributed by atoms with Crippen molar-refractivity contribution in [3.63, 3.8) is 0 Å². The molecule has 0 bridgehead atoms. The molecule has 3 rings (SSSR count). The molecule has 0 fully saturated rings. The van der Waals surface area contributed by atoms with E-state index < -0.39 is 24.0 Å². The van der Waals surface area contributed by atoms with Crippen LogP contribution in [0, 0.1) is 6.92 Å². The van der Waals surface area contributed by atoms with Gasteiger partial charge in [-0.1, -0.05) is 30.3 Å². The van der Waals surface area contributed by atoms with Gasteiger partial charge in [-0.2, -0.15) is 0 Å². The summed E-state index contributed by atoms with van der Waals surface area (Å²) in [6.07, 6.45) is 0.231. The molecule has 3 aromatic rings. The van der Waals surface area contributed by atoms with Gasteiger partial charge in [0.05, 0.1) is 12.2 Å². The molecule has 0 spiro atoms. The van der Waals surface area contributed by atoms with Crippen LogP contribution in [0.1, 0.15) is 39.0 Å². The van der Waals surface area contributed by atoms with Crippen LogP contribution in [-0.4, -0.2) is 34.8 Å². The lowest BCUT2D eigenvalue weighted by molar-refractivity contribution is -0.124. The van der Waals surface area contributed by atoms with Crippen molar-refractivity contribution in [3.8, 4) is 0 Å². The highest BCUT2D eigenvalue weighted by molar-refractivity contribution is 6.10. The van der Waals surface area contributed by atoms with Gasteiger partial charge in [0.1, 0.15) is 16.9 Å². The molecule has 0 aliphatic carbocycles. The van der Waals surface area contributed by atoms with Crippen LogP contribution in [0.25, 0.3) is 11.0 Å². The summed E-state index contributed by atoms with van der Waals surface area (Å²) in [7, 11) is 0. The van der Waals surface area contributed by atoms with Crippen LogP contribution in [0.3, 0.4) is 0 Å². The summed E-state index contributed by atoms with van der Waals surface area (Å²) in [6.45, 7) is 2.30. The van der Waals surface area contributed by atoms with E-state index in [-0.39, 0.29) is 17.8 Å². The Bertz CT molecular complexity index is 1090. The Morgan fingerprint density at radius 3 is 2.45 bits per heavy atom. The van der Waals surface area contributed by atoms with E-state index in [0.29, 0.717) is 22.3 Å². The van der Waals surface area contributed by atoms with Crippen molar-refractivity contribution >= 4 is 28.6 Å². The van der Waals surface area contributed by atoms with Crippen LogP contribution in [0.2, 0.25) is 0 Å². The molecule has 7 heteroatoms. The molecule has 0 saturated carbocycles. The first kappa shape index (κ1) is 20.3. The zero-order valence-corrected chi connectivity index (χ0v) is 16.2. The van der Waals surface area contributed by atoms with Crippen LogP contribution < -0.4 is 11.1 Å². The number of aliphatic hydroxyl groups is 1. The second kappa shape index (κ2) is 7.89. The Morgan fingerprint density at radius 1 is 1.14 bits per heavy atom. The summed E-state index contributed by atoms with van der Waals surface area (Å²) < 4.78 is 5.63. The molecular weight excluding hydrogens is 372 g/mol. The summed E-state index contributed by atoms with van der Waals surface area (Å²) in [5, 5.41) is 12.4. The van der Waals surface area contributed by atoms with Crippen LogP contribution in [0.5, 0.6) is 0 Å². The third-order valence-electron chi connectivity index (χ3n) is 4.87. The molecule has 150 valence electrons. The van der Waals surface area contributed by atoms with Gasteiger partial charge >= 0.3 is 0 Å². The minimum atomic E-state index is -1.62. The van der Waals surface area contributed by atoms with Gasteiger partial charge in [-0.15, -0.1) is 0 Å². The quantitative estimate of drug-likeness (QED) is 0.530. The number of nitrogens with two attached hydrogens (primary N) is 1. The number of Topliss-reactive ketones (excluding diaryl/α,β-unsaturated/α-hetero) is 1. The number of carbonyl (C=O) groups excluding carboxylic acids is 3. The number of ketones is 1. The molecule has 0 saturated heterocycles. The molecule has 0 aliphatic rings. The largest absolute Gasteiger partial charge is 0.461 e. The number of benzene rings is 2. The van der Waals surface area contributed by atoms with Crippen LogP contribution in [0.15, 0.2) is 52.9 Å². The van der Waals surface area contributed by atoms with Gasteiger partial charge in [0, 0.05) is 17.4 Å². The fraction of sp³-hybridized carbons (Fsp3) is 0.227. The Kier molecular flexibility index (Phi) is 5.52. The second-order valence-electron chi connectivity index (χ2n) is 7.14. The smallest absolute Gasteiger partial charge is 0.256 e. The molecule has 2 amide bonds. The Hall–Kier alpha value is -3.45. The monoisotopic (exact) mass is 394 g/mol. The molecule has 0 radical (unpaired) electrons. The lowest BCUT2D eigenvalue weighted by atomic mass is 9.99. The van der Waals surface area contributed by atoms with E-state index in [1.54, 1.807) is 25.1 Å². The van der Waals surface area contributed by atoms with Gasteiger partial charge in [0.25, 0.3) is 5.91 Å². The Morgan fingerprint density at radius 2 is 1.83 bits per heavy atom. The average molecular weight is 394 g/mol. The van der Waals surface area contributed by atoms with Crippen molar-refractivity contribution < 1.29 is 23.9 Å². The predicted octanol–water partition coefficient (Wildman–Crippen LogP) is 2.13. The first-order valence-corrected chi connectivity index (χ1v) is 9.08. The highest BCUT2D eigenvalue weighted by Crippen LogP contribution is 2.27. The molecule has 4 N–H and O–H groups in total. The molecule has 1 unspecified atom stereocenters. The van der Waals surface area contributed by atoms with E-state index in [2.05, 4.69) is 5.32 Å². The number of aliphatic hydroxyl groups excluding tert-OH is 1. The average Bonchev–Trinajstić information content (AvgIpc) is 3.03. The minimum absolute atomic E-state index is 0.0966. The Balaban J connectivity index is 1.95. The number of aryl methyl sites for hydroxylation is 1. The summed E-state index contributed by atoms with van der Waals surface area (Å²) in [6, 6.07) is 14.2. The molecule has 1 aromatic heterocycles. The van der Waals surface area contributed by atoms with Crippen LogP contribution >= 0.6 is 0 Å². The Labute approximate surface area is 167 Å². The SMILES string of the molecule is Cc1oc2ccc(C(=O)Cc3ccccc3)cc2c1C(=O)NC(C)(CO)C(N)=O. The summed E-state index contributed by atoms with van der Waals surface area (Å²) in [5.41, 5.74) is 5.63. The normalized spacial score (nSPS) is 13.1. The van der Waals surface area contributed by atoms with Crippen molar-refractivity contribution in [2.45, 2.75) is 25.8 Å². The number of rotatable bonds is 7. The molecular formula is C22H22N2O5. The lowest BCUT2D eigenvalue weighted by Crippen LogP contribution is -2.57. The van der Waals surface area contributed by atoms with Gasteiger partial charge in [-0.25, -0.2) is 0 Å². The standard InChI is InChI=1S/C22H22N2O5/c1-13-19(20(27)24-22(2,12-25)21(23)28)16-11-15(8-9-18(16)29-13)17(26)10-14-6-4-3-5-7-14/h3-9,11,25H,10,12H2,1-2H3,(H2,23,28)(H,24,27). The van der Waals surface area contributed by atoms with E-state index in [4.69, 9.17) is 10.2 Å². The maximum atomic E-state index is 12.8. The molecule has 2 aromatic carbocycles. The van der Waals surface area contributed by atoms with Gasteiger partial charge in [-0.3, -0.25) is 14.4 Å². The van der Waals surface area contributed by atoms with Crippen molar-refractivity contribution in [2.75, 3.05) is 6.61 Å². The van der Waals surface area contributed by atoms with E-state index in [9.17, 15) is 19.5 Å². The van der Waals surface area contributed by atoms with Crippen molar-refractivity contribution in [1.82, 2.24) is 5.32 Å². The first-order chi connectivity index (χ1) is 13.7. The molecule has 1 heterocycles. The van der Waals surface area contributed by atoms with Gasteiger partial charge in [0.2, 0.25) is 5.91 Å². The molecule has 29 heavy (non-hydrogen) atoms. The van der Waals surface area contributed by atoms with Crippen LogP contribution in [-0.2, 0) is 11.2 Å². The molecule has 7 nitrogen and oxygen atoms in total. The number of hydrogen-bond donors (Lipinski definition) is 3. The highest BCUT2D eigenvalue weighted by Gasteiger charge is 2.34. The maximum absolute atomic E-state index is 12.8. The number of amides is 2. The predicted molar refractivity (Wildman–Crippen MR) is 108 cm³/mol. The molecule has 1 atom stereocenters. The fourth-order valence-corrected chi connectivity index (χ4v) is 3.05. The second-order valence-corrected chi connectivity index (χ2v) is 7.14. The molecule has 0 aliphatic heterocycles. The summed E-state index contributed by atoms with van der Waals surface area (Å²) >= 11 is 0. The number of primary amides is 1. The highest BCUT2D eigenvalue weighted by atomic mass is 16.3. The van der Waals surface area contributed by atoms with E-state index in [1.807, 2.05) is 30.3 Å². The van der Waals surface area contributed by atoms with Crippen LogP contribution in [0.4, 0.5) is 0 Å². The first-order valence-electron chi connectivity index (χ1n) is 9.08.